The van der Waals surface area contributed by atoms with E-state index in [0.717, 1.165) is 18.4 Å². The summed E-state index contributed by atoms with van der Waals surface area (Å²) in [5.41, 5.74) is 4.75. The fraction of sp³-hybridized carbons (Fsp3) is 0.318. The Morgan fingerprint density at radius 2 is 1.88 bits per heavy atom. The van der Waals surface area contributed by atoms with Crippen LogP contribution in [-0.4, -0.2) is 31.5 Å². The summed E-state index contributed by atoms with van der Waals surface area (Å²) in [7, 11) is 4.09. The van der Waals surface area contributed by atoms with Crippen LogP contribution in [0.3, 0.4) is 0 Å². The maximum absolute atomic E-state index is 12.2. The monoisotopic (exact) mass is 347 g/mol. The minimum atomic E-state index is 0.130. The number of hydrogen-bond acceptors (Lipinski definition) is 2. The van der Waals surface area contributed by atoms with Crippen molar-refractivity contribution in [2.75, 3.05) is 25.5 Å². The minimum absolute atomic E-state index is 0.130. The van der Waals surface area contributed by atoms with Crippen molar-refractivity contribution in [1.82, 2.24) is 10.3 Å². The molecule has 0 spiro atoms. The molecule has 0 aliphatic heterocycles. The number of H-pyrrole nitrogens is 1. The van der Waals surface area contributed by atoms with Crippen molar-refractivity contribution in [3.63, 3.8) is 0 Å². The number of nitrogens with one attached hydrogen (secondary N) is 2. The third-order valence-electron chi connectivity index (χ3n) is 5.24. The van der Waals surface area contributed by atoms with E-state index in [1.54, 1.807) is 0 Å². The highest BCUT2D eigenvalue weighted by molar-refractivity contribution is 5.85. The van der Waals surface area contributed by atoms with Crippen LogP contribution in [0.5, 0.6) is 0 Å². The SMILES string of the molecule is CN(C)c1ccc([C@H](CNC(=O)C2CC2)c2c[nH]c3ccccc23)cc1. The van der Waals surface area contributed by atoms with E-state index in [9.17, 15) is 4.79 Å². The van der Waals surface area contributed by atoms with E-state index >= 15 is 0 Å². The summed E-state index contributed by atoms with van der Waals surface area (Å²) in [6.45, 7) is 0.624. The molecule has 1 heterocycles. The lowest BCUT2D eigenvalue weighted by Crippen LogP contribution is -2.30. The first-order valence-corrected chi connectivity index (χ1v) is 9.24. The number of aromatic nitrogens is 1. The van der Waals surface area contributed by atoms with Gasteiger partial charge in [-0.2, -0.15) is 0 Å². The van der Waals surface area contributed by atoms with Crippen molar-refractivity contribution < 1.29 is 4.79 Å². The lowest BCUT2D eigenvalue weighted by molar-refractivity contribution is -0.122. The van der Waals surface area contributed by atoms with Crippen molar-refractivity contribution in [2.45, 2.75) is 18.8 Å². The van der Waals surface area contributed by atoms with Crippen molar-refractivity contribution in [3.05, 3.63) is 65.9 Å². The van der Waals surface area contributed by atoms with Gasteiger partial charge in [0.25, 0.3) is 0 Å². The molecule has 0 unspecified atom stereocenters. The van der Waals surface area contributed by atoms with E-state index < -0.39 is 0 Å². The summed E-state index contributed by atoms with van der Waals surface area (Å²) in [5.74, 6) is 0.555. The number of nitrogens with zero attached hydrogens (tertiary/aromatic N) is 1. The molecule has 4 nitrogen and oxygen atoms in total. The van der Waals surface area contributed by atoms with Crippen LogP contribution in [0.15, 0.2) is 54.7 Å². The largest absolute Gasteiger partial charge is 0.378 e. The summed E-state index contributed by atoms with van der Waals surface area (Å²) in [5, 5.41) is 4.39. The van der Waals surface area contributed by atoms with Crippen LogP contribution in [0.1, 0.15) is 29.9 Å². The summed E-state index contributed by atoms with van der Waals surface area (Å²) < 4.78 is 0. The van der Waals surface area contributed by atoms with Gasteiger partial charge in [-0.25, -0.2) is 0 Å². The van der Waals surface area contributed by atoms with Crippen LogP contribution in [0.25, 0.3) is 10.9 Å². The molecule has 1 aliphatic carbocycles. The van der Waals surface area contributed by atoms with E-state index in [-0.39, 0.29) is 17.7 Å². The van der Waals surface area contributed by atoms with E-state index in [2.05, 4.69) is 63.9 Å². The van der Waals surface area contributed by atoms with Crippen molar-refractivity contribution in [1.29, 1.82) is 0 Å². The third kappa shape index (κ3) is 3.32. The molecule has 0 saturated heterocycles. The van der Waals surface area contributed by atoms with Gasteiger partial charge in [0.1, 0.15) is 0 Å². The van der Waals surface area contributed by atoms with Gasteiger partial charge in [0.2, 0.25) is 5.91 Å². The molecule has 1 saturated carbocycles. The van der Waals surface area contributed by atoms with Gasteiger partial charge in [-0.3, -0.25) is 4.79 Å². The quantitative estimate of drug-likeness (QED) is 0.711. The highest BCUT2D eigenvalue weighted by Gasteiger charge is 2.30. The minimum Gasteiger partial charge on any atom is -0.378 e. The second-order valence-corrected chi connectivity index (χ2v) is 7.35. The number of anilines is 1. The molecule has 4 rings (SSSR count). The summed E-state index contributed by atoms with van der Waals surface area (Å²) in [4.78, 5) is 17.7. The van der Waals surface area contributed by atoms with Crippen LogP contribution in [-0.2, 0) is 4.79 Å². The Morgan fingerprint density at radius 1 is 1.15 bits per heavy atom. The van der Waals surface area contributed by atoms with E-state index in [4.69, 9.17) is 0 Å². The molecule has 3 aromatic rings. The fourth-order valence-corrected chi connectivity index (χ4v) is 3.49. The third-order valence-corrected chi connectivity index (χ3v) is 5.24. The molecule has 1 amide bonds. The number of para-hydroxylation sites is 1. The highest BCUT2D eigenvalue weighted by atomic mass is 16.2. The second kappa shape index (κ2) is 6.87. The molecule has 1 atom stereocenters. The Morgan fingerprint density at radius 3 is 2.58 bits per heavy atom. The zero-order valence-electron chi connectivity index (χ0n) is 15.3. The van der Waals surface area contributed by atoms with Gasteiger partial charge in [-0.1, -0.05) is 30.3 Å². The zero-order valence-corrected chi connectivity index (χ0v) is 15.3. The smallest absolute Gasteiger partial charge is 0.223 e. The van der Waals surface area contributed by atoms with Gasteiger partial charge in [-0.05, 0) is 42.2 Å². The number of hydrogen-bond donors (Lipinski definition) is 2. The molecule has 1 fully saturated rings. The molecule has 2 aromatic carbocycles. The highest BCUT2D eigenvalue weighted by Crippen LogP contribution is 2.33. The Hall–Kier alpha value is -2.75. The van der Waals surface area contributed by atoms with Crippen LogP contribution in [0.4, 0.5) is 5.69 Å². The number of carbonyl (C=O) groups is 1. The first kappa shape index (κ1) is 16.7. The fourth-order valence-electron chi connectivity index (χ4n) is 3.49. The van der Waals surface area contributed by atoms with Crippen LogP contribution < -0.4 is 10.2 Å². The van der Waals surface area contributed by atoms with Gasteiger partial charge in [0.15, 0.2) is 0 Å². The first-order chi connectivity index (χ1) is 12.6. The Kier molecular flexibility index (Phi) is 4.41. The van der Waals surface area contributed by atoms with Crippen molar-refractivity contribution in [3.8, 4) is 0 Å². The molecule has 1 aliphatic rings. The molecule has 2 N–H and O–H groups in total. The zero-order chi connectivity index (χ0) is 18.1. The molecular formula is C22H25N3O. The summed E-state index contributed by atoms with van der Waals surface area (Å²) >= 11 is 0. The summed E-state index contributed by atoms with van der Waals surface area (Å²) in [6.07, 6.45) is 4.14. The molecule has 26 heavy (non-hydrogen) atoms. The topological polar surface area (TPSA) is 48.1 Å². The molecule has 1 aromatic heterocycles. The molecule has 0 radical (unpaired) electrons. The molecular weight excluding hydrogens is 322 g/mol. The number of amides is 1. The van der Waals surface area contributed by atoms with Gasteiger partial charge in [-0.15, -0.1) is 0 Å². The predicted octanol–water partition coefficient (Wildman–Crippen LogP) is 3.89. The number of rotatable bonds is 6. The van der Waals surface area contributed by atoms with Gasteiger partial charge >= 0.3 is 0 Å². The predicted molar refractivity (Wildman–Crippen MR) is 107 cm³/mol. The van der Waals surface area contributed by atoms with Crippen molar-refractivity contribution in [2.24, 2.45) is 5.92 Å². The maximum atomic E-state index is 12.2. The molecule has 4 heteroatoms. The van der Waals surface area contributed by atoms with Crippen LogP contribution in [0.2, 0.25) is 0 Å². The second-order valence-electron chi connectivity index (χ2n) is 7.35. The first-order valence-electron chi connectivity index (χ1n) is 9.24. The number of fused-ring (bicyclic) bond motifs is 1. The number of carbonyl (C=O) groups excluding carboxylic acids is 1. The Labute approximate surface area is 154 Å². The Balaban J connectivity index is 1.67. The number of benzene rings is 2. The standard InChI is InChI=1S/C22H25N3O/c1-25(2)17-11-9-15(10-12-17)19(13-24-22(26)16-7-8-16)20-14-23-21-6-4-3-5-18(20)21/h3-6,9-12,14,16,19,23H,7-8,13H2,1-2H3,(H,24,26)/t19-/m0/s1. The van der Waals surface area contributed by atoms with Gasteiger partial charge < -0.3 is 15.2 Å². The molecule has 134 valence electrons. The van der Waals surface area contributed by atoms with Crippen LogP contribution >= 0.6 is 0 Å². The van der Waals surface area contributed by atoms with Gasteiger partial charge in [0, 0.05) is 55.3 Å². The summed E-state index contributed by atoms with van der Waals surface area (Å²) in [6, 6.07) is 17.0. The maximum Gasteiger partial charge on any atom is 0.223 e. The van der Waals surface area contributed by atoms with Crippen molar-refractivity contribution >= 4 is 22.5 Å². The lowest BCUT2D eigenvalue weighted by atomic mass is 9.90. The average Bonchev–Trinajstić information content (AvgIpc) is 3.43. The van der Waals surface area contributed by atoms with E-state index in [0.29, 0.717) is 6.54 Å². The van der Waals surface area contributed by atoms with Crippen LogP contribution in [0, 0.1) is 5.92 Å². The van der Waals surface area contributed by atoms with E-state index in [1.807, 2.05) is 20.2 Å². The molecule has 0 bridgehead atoms. The average molecular weight is 347 g/mol. The Bertz CT molecular complexity index is 907. The normalized spacial score (nSPS) is 15.0. The van der Waals surface area contributed by atoms with Gasteiger partial charge in [0.05, 0.1) is 0 Å². The lowest BCUT2D eigenvalue weighted by Gasteiger charge is -2.20. The van der Waals surface area contributed by atoms with E-state index in [1.165, 1.54) is 22.2 Å². The number of aromatic amines is 1.